The minimum atomic E-state index is 0.753. The van der Waals surface area contributed by atoms with Gasteiger partial charge in [0.25, 0.3) is 0 Å². The second-order valence-electron chi connectivity index (χ2n) is 3.88. The van der Waals surface area contributed by atoms with Crippen LogP contribution in [0.1, 0.15) is 11.1 Å². The van der Waals surface area contributed by atoms with Gasteiger partial charge in [0.05, 0.1) is 12.4 Å². The fourth-order valence-corrected chi connectivity index (χ4v) is 1.59. The molecule has 4 heteroatoms. The van der Waals surface area contributed by atoms with E-state index in [9.17, 15) is 0 Å². The molecule has 0 aliphatic heterocycles. The zero-order valence-corrected chi connectivity index (χ0v) is 10.1. The lowest BCUT2D eigenvalue weighted by molar-refractivity contribution is 1.08. The van der Waals surface area contributed by atoms with E-state index in [1.807, 2.05) is 7.05 Å². The Bertz CT molecular complexity index is 496. The molecule has 0 saturated carbocycles. The molecule has 1 aromatic carbocycles. The topological polar surface area (TPSA) is 49.8 Å². The van der Waals surface area contributed by atoms with Gasteiger partial charge in [0.15, 0.2) is 0 Å². The summed E-state index contributed by atoms with van der Waals surface area (Å²) in [5.74, 6) is 1.54. The van der Waals surface area contributed by atoms with Crippen molar-refractivity contribution in [1.82, 2.24) is 9.97 Å². The number of nitrogens with zero attached hydrogens (tertiary/aromatic N) is 2. The Balaban J connectivity index is 2.02. The standard InChI is InChI=1S/C13H16N4/c1-10-4-3-5-11(6-10)7-16-13-9-15-8-12(14-2)17-13/h3-6,8-9H,7H2,1-2H3,(H2,14,16,17). The van der Waals surface area contributed by atoms with Gasteiger partial charge in [-0.25, -0.2) is 4.98 Å². The highest BCUT2D eigenvalue weighted by molar-refractivity contribution is 5.41. The molecule has 2 N–H and O–H groups in total. The van der Waals surface area contributed by atoms with Crippen LogP contribution >= 0.6 is 0 Å². The average molecular weight is 228 g/mol. The Morgan fingerprint density at radius 1 is 1.18 bits per heavy atom. The summed E-state index contributed by atoms with van der Waals surface area (Å²) in [4.78, 5) is 8.44. The number of rotatable bonds is 4. The maximum absolute atomic E-state index is 4.34. The molecule has 2 aromatic rings. The summed E-state index contributed by atoms with van der Waals surface area (Å²) in [6, 6.07) is 8.39. The van der Waals surface area contributed by atoms with Gasteiger partial charge in [-0.15, -0.1) is 0 Å². The van der Waals surface area contributed by atoms with Gasteiger partial charge in [-0.05, 0) is 12.5 Å². The molecule has 0 radical (unpaired) electrons. The second-order valence-corrected chi connectivity index (χ2v) is 3.88. The lowest BCUT2D eigenvalue weighted by atomic mass is 10.1. The fraction of sp³-hybridized carbons (Fsp3) is 0.231. The van der Waals surface area contributed by atoms with Crippen LogP contribution in [0.4, 0.5) is 11.6 Å². The first-order valence-corrected chi connectivity index (χ1v) is 5.57. The Morgan fingerprint density at radius 3 is 2.76 bits per heavy atom. The molecule has 0 unspecified atom stereocenters. The Hall–Kier alpha value is -2.10. The molecule has 2 rings (SSSR count). The first-order valence-electron chi connectivity index (χ1n) is 5.57. The van der Waals surface area contributed by atoms with Crippen molar-refractivity contribution in [2.45, 2.75) is 13.5 Å². The van der Waals surface area contributed by atoms with Crippen molar-refractivity contribution >= 4 is 11.6 Å². The number of aromatic nitrogens is 2. The van der Waals surface area contributed by atoms with E-state index in [0.29, 0.717) is 0 Å². The van der Waals surface area contributed by atoms with Crippen molar-refractivity contribution < 1.29 is 0 Å². The normalized spacial score (nSPS) is 10.0. The minimum absolute atomic E-state index is 0.753. The lowest BCUT2D eigenvalue weighted by Gasteiger charge is -2.07. The zero-order chi connectivity index (χ0) is 12.1. The van der Waals surface area contributed by atoms with Crippen molar-refractivity contribution in [2.75, 3.05) is 17.7 Å². The molecule has 0 atom stereocenters. The van der Waals surface area contributed by atoms with Gasteiger partial charge < -0.3 is 10.6 Å². The minimum Gasteiger partial charge on any atom is -0.372 e. The van der Waals surface area contributed by atoms with Gasteiger partial charge >= 0.3 is 0 Å². The van der Waals surface area contributed by atoms with Crippen LogP contribution in [-0.4, -0.2) is 17.0 Å². The van der Waals surface area contributed by atoms with E-state index in [2.05, 4.69) is 51.8 Å². The molecule has 1 heterocycles. The molecule has 0 aliphatic rings. The monoisotopic (exact) mass is 228 g/mol. The fourth-order valence-electron chi connectivity index (χ4n) is 1.59. The van der Waals surface area contributed by atoms with E-state index >= 15 is 0 Å². The summed E-state index contributed by atoms with van der Waals surface area (Å²) in [6.45, 7) is 2.84. The van der Waals surface area contributed by atoms with E-state index in [1.54, 1.807) is 12.4 Å². The highest BCUT2D eigenvalue weighted by Gasteiger charge is 1.97. The molecule has 0 fully saturated rings. The molecule has 0 spiro atoms. The SMILES string of the molecule is CNc1cncc(NCc2cccc(C)c2)n1. The van der Waals surface area contributed by atoms with Crippen LogP contribution in [0.2, 0.25) is 0 Å². The maximum atomic E-state index is 4.34. The number of aryl methyl sites for hydroxylation is 1. The Morgan fingerprint density at radius 2 is 2.00 bits per heavy atom. The summed E-state index contributed by atoms with van der Waals surface area (Å²) < 4.78 is 0. The van der Waals surface area contributed by atoms with Crippen molar-refractivity contribution in [3.05, 3.63) is 47.8 Å². The predicted octanol–water partition coefficient (Wildman–Crippen LogP) is 2.44. The molecule has 1 aromatic heterocycles. The van der Waals surface area contributed by atoms with Crippen LogP contribution < -0.4 is 10.6 Å². The summed E-state index contributed by atoms with van der Waals surface area (Å²) >= 11 is 0. The largest absolute Gasteiger partial charge is 0.372 e. The lowest BCUT2D eigenvalue weighted by Crippen LogP contribution is -2.03. The van der Waals surface area contributed by atoms with E-state index in [-0.39, 0.29) is 0 Å². The Kier molecular flexibility index (Phi) is 3.55. The third-order valence-electron chi connectivity index (χ3n) is 2.45. The van der Waals surface area contributed by atoms with Crippen molar-refractivity contribution in [3.8, 4) is 0 Å². The first-order chi connectivity index (χ1) is 8.28. The van der Waals surface area contributed by atoms with E-state index in [4.69, 9.17) is 0 Å². The second kappa shape index (κ2) is 5.30. The third kappa shape index (κ3) is 3.17. The molecular weight excluding hydrogens is 212 g/mol. The van der Waals surface area contributed by atoms with Crippen LogP contribution in [-0.2, 0) is 6.54 Å². The van der Waals surface area contributed by atoms with Crippen molar-refractivity contribution in [3.63, 3.8) is 0 Å². The Labute approximate surface area is 101 Å². The summed E-state index contributed by atoms with van der Waals surface area (Å²) in [5, 5.41) is 6.21. The molecule has 0 amide bonds. The van der Waals surface area contributed by atoms with E-state index in [1.165, 1.54) is 11.1 Å². The van der Waals surface area contributed by atoms with Gasteiger partial charge in [-0.1, -0.05) is 29.8 Å². The predicted molar refractivity (Wildman–Crippen MR) is 70.1 cm³/mol. The number of anilines is 2. The van der Waals surface area contributed by atoms with Crippen LogP contribution in [0.3, 0.4) is 0 Å². The number of nitrogens with one attached hydrogen (secondary N) is 2. The smallest absolute Gasteiger partial charge is 0.147 e. The number of benzene rings is 1. The first kappa shape index (κ1) is 11.4. The van der Waals surface area contributed by atoms with E-state index < -0.39 is 0 Å². The van der Waals surface area contributed by atoms with Gasteiger partial charge in [0, 0.05) is 13.6 Å². The summed E-state index contributed by atoms with van der Waals surface area (Å²) in [7, 11) is 1.83. The number of hydrogen-bond acceptors (Lipinski definition) is 4. The van der Waals surface area contributed by atoms with Crippen LogP contribution in [0.25, 0.3) is 0 Å². The number of hydrogen-bond donors (Lipinski definition) is 2. The van der Waals surface area contributed by atoms with E-state index in [0.717, 1.165) is 18.2 Å². The highest BCUT2D eigenvalue weighted by Crippen LogP contribution is 2.09. The van der Waals surface area contributed by atoms with Gasteiger partial charge in [0.1, 0.15) is 11.6 Å². The van der Waals surface area contributed by atoms with Crippen LogP contribution in [0, 0.1) is 6.92 Å². The summed E-state index contributed by atoms with van der Waals surface area (Å²) in [5.41, 5.74) is 2.50. The average Bonchev–Trinajstić information content (AvgIpc) is 2.37. The molecule has 4 nitrogen and oxygen atoms in total. The van der Waals surface area contributed by atoms with Crippen molar-refractivity contribution in [2.24, 2.45) is 0 Å². The molecule has 88 valence electrons. The van der Waals surface area contributed by atoms with Crippen LogP contribution in [0.5, 0.6) is 0 Å². The molecule has 0 aliphatic carbocycles. The van der Waals surface area contributed by atoms with Crippen molar-refractivity contribution in [1.29, 1.82) is 0 Å². The summed E-state index contributed by atoms with van der Waals surface area (Å²) in [6.07, 6.45) is 3.41. The van der Waals surface area contributed by atoms with Gasteiger partial charge in [-0.2, -0.15) is 0 Å². The molecular formula is C13H16N4. The molecule has 17 heavy (non-hydrogen) atoms. The van der Waals surface area contributed by atoms with Gasteiger partial charge in [0.2, 0.25) is 0 Å². The maximum Gasteiger partial charge on any atom is 0.147 e. The molecule has 0 saturated heterocycles. The molecule has 0 bridgehead atoms. The highest BCUT2D eigenvalue weighted by atomic mass is 15.1. The zero-order valence-electron chi connectivity index (χ0n) is 10.1. The van der Waals surface area contributed by atoms with Crippen LogP contribution in [0.15, 0.2) is 36.7 Å². The third-order valence-corrected chi connectivity index (χ3v) is 2.45. The van der Waals surface area contributed by atoms with Gasteiger partial charge in [-0.3, -0.25) is 4.98 Å². The quantitative estimate of drug-likeness (QED) is 0.844.